The van der Waals surface area contributed by atoms with E-state index in [0.717, 1.165) is 21.6 Å². The standard InChI is InChI=1S/C18H15NO3/c1-13-7-5-6-10-15(13)12-19-17(20)16(22-18(19)21)11-14-8-3-2-4-9-14/h2-11H,12H2,1H3/b16-11-. The molecular weight excluding hydrogens is 278 g/mol. The van der Waals surface area contributed by atoms with E-state index in [1.807, 2.05) is 61.5 Å². The van der Waals surface area contributed by atoms with Crippen molar-refractivity contribution in [3.63, 3.8) is 0 Å². The Balaban J connectivity index is 1.83. The number of hydrogen-bond acceptors (Lipinski definition) is 3. The van der Waals surface area contributed by atoms with Crippen LogP contribution in [0.15, 0.2) is 60.4 Å². The largest absolute Gasteiger partial charge is 0.422 e. The molecule has 1 heterocycles. The maximum absolute atomic E-state index is 12.3. The number of benzene rings is 2. The van der Waals surface area contributed by atoms with Gasteiger partial charge in [-0.2, -0.15) is 0 Å². The smallest absolute Gasteiger partial charge is 0.404 e. The van der Waals surface area contributed by atoms with Gasteiger partial charge < -0.3 is 4.74 Å². The van der Waals surface area contributed by atoms with E-state index in [4.69, 9.17) is 4.74 Å². The lowest BCUT2D eigenvalue weighted by molar-refractivity contribution is -0.123. The summed E-state index contributed by atoms with van der Waals surface area (Å²) in [6.45, 7) is 2.17. The fourth-order valence-electron chi connectivity index (χ4n) is 2.29. The summed E-state index contributed by atoms with van der Waals surface area (Å²) in [5, 5.41) is 0. The molecule has 2 aromatic rings. The first-order chi connectivity index (χ1) is 10.6. The molecular formula is C18H15NO3. The van der Waals surface area contributed by atoms with E-state index in [0.29, 0.717) is 0 Å². The first-order valence-electron chi connectivity index (χ1n) is 7.00. The molecule has 1 aliphatic heterocycles. The van der Waals surface area contributed by atoms with Crippen LogP contribution < -0.4 is 0 Å². The number of rotatable bonds is 3. The first-order valence-corrected chi connectivity index (χ1v) is 7.00. The Morgan fingerprint density at radius 3 is 2.41 bits per heavy atom. The van der Waals surface area contributed by atoms with Gasteiger partial charge in [0.1, 0.15) is 0 Å². The van der Waals surface area contributed by atoms with Crippen LogP contribution in [0.2, 0.25) is 0 Å². The van der Waals surface area contributed by atoms with Gasteiger partial charge in [-0.3, -0.25) is 4.79 Å². The number of cyclic esters (lactones) is 1. The lowest BCUT2D eigenvalue weighted by Crippen LogP contribution is -2.28. The van der Waals surface area contributed by atoms with E-state index in [1.54, 1.807) is 6.08 Å². The minimum Gasteiger partial charge on any atom is -0.404 e. The summed E-state index contributed by atoms with van der Waals surface area (Å²) in [5.74, 6) is -0.345. The molecule has 3 rings (SSSR count). The third-order valence-corrected chi connectivity index (χ3v) is 3.56. The van der Waals surface area contributed by atoms with Gasteiger partial charge in [0, 0.05) is 0 Å². The minimum absolute atomic E-state index is 0.0600. The Labute approximate surface area is 128 Å². The number of carbonyl (C=O) groups excluding carboxylic acids is 2. The molecule has 2 amide bonds. The van der Waals surface area contributed by atoms with E-state index >= 15 is 0 Å². The van der Waals surface area contributed by atoms with Gasteiger partial charge in [0.15, 0.2) is 5.76 Å². The maximum Gasteiger partial charge on any atom is 0.422 e. The number of hydrogen-bond donors (Lipinski definition) is 0. The Hall–Kier alpha value is -2.88. The molecule has 0 bridgehead atoms. The van der Waals surface area contributed by atoms with Gasteiger partial charge in [0.2, 0.25) is 0 Å². The van der Waals surface area contributed by atoms with Gasteiger partial charge in [0.05, 0.1) is 6.54 Å². The summed E-state index contributed by atoms with van der Waals surface area (Å²) < 4.78 is 5.10. The Kier molecular flexibility index (Phi) is 3.74. The SMILES string of the molecule is Cc1ccccc1CN1C(=O)O/C(=C\c2ccccc2)C1=O. The molecule has 1 saturated heterocycles. The third-order valence-electron chi connectivity index (χ3n) is 3.56. The van der Waals surface area contributed by atoms with Crippen LogP contribution in [0.4, 0.5) is 4.79 Å². The predicted octanol–water partition coefficient (Wildman–Crippen LogP) is 3.51. The van der Waals surface area contributed by atoms with Crippen molar-refractivity contribution in [3.05, 3.63) is 77.0 Å². The van der Waals surface area contributed by atoms with E-state index in [9.17, 15) is 9.59 Å². The summed E-state index contributed by atoms with van der Waals surface area (Å²) in [6.07, 6.45) is 0.952. The van der Waals surface area contributed by atoms with Crippen molar-refractivity contribution in [2.45, 2.75) is 13.5 Å². The molecule has 0 saturated carbocycles. The molecule has 2 aromatic carbocycles. The summed E-state index contributed by atoms with van der Waals surface area (Å²) in [5.41, 5.74) is 2.77. The molecule has 0 aliphatic carbocycles. The fraction of sp³-hybridized carbons (Fsp3) is 0.111. The second-order valence-electron chi connectivity index (χ2n) is 5.11. The molecule has 4 nitrogen and oxygen atoms in total. The fourth-order valence-corrected chi connectivity index (χ4v) is 2.29. The van der Waals surface area contributed by atoms with Crippen LogP contribution in [-0.2, 0) is 16.1 Å². The number of nitrogens with zero attached hydrogens (tertiary/aromatic N) is 1. The van der Waals surface area contributed by atoms with Crippen LogP contribution >= 0.6 is 0 Å². The van der Waals surface area contributed by atoms with Crippen molar-refractivity contribution in [2.75, 3.05) is 0 Å². The summed E-state index contributed by atoms with van der Waals surface area (Å²) >= 11 is 0. The summed E-state index contributed by atoms with van der Waals surface area (Å²) in [4.78, 5) is 25.4. The van der Waals surface area contributed by atoms with E-state index in [2.05, 4.69) is 0 Å². The van der Waals surface area contributed by atoms with Gasteiger partial charge in [-0.05, 0) is 29.7 Å². The number of ether oxygens (including phenoxy) is 1. The molecule has 4 heteroatoms. The zero-order chi connectivity index (χ0) is 15.5. The van der Waals surface area contributed by atoms with Crippen LogP contribution in [0.1, 0.15) is 16.7 Å². The molecule has 0 N–H and O–H groups in total. The normalized spacial score (nSPS) is 16.2. The lowest BCUT2D eigenvalue weighted by Gasteiger charge is -2.12. The highest BCUT2D eigenvalue weighted by Crippen LogP contribution is 2.22. The van der Waals surface area contributed by atoms with Gasteiger partial charge in [-0.25, -0.2) is 9.69 Å². The third kappa shape index (κ3) is 2.76. The lowest BCUT2D eigenvalue weighted by atomic mass is 10.1. The van der Waals surface area contributed by atoms with Crippen molar-refractivity contribution < 1.29 is 14.3 Å². The van der Waals surface area contributed by atoms with Crippen molar-refractivity contribution in [1.82, 2.24) is 4.90 Å². The molecule has 22 heavy (non-hydrogen) atoms. The van der Waals surface area contributed by atoms with Gasteiger partial charge in [-0.1, -0.05) is 54.6 Å². The Morgan fingerprint density at radius 1 is 1.00 bits per heavy atom. The quantitative estimate of drug-likeness (QED) is 0.813. The summed E-state index contributed by atoms with van der Waals surface area (Å²) in [7, 11) is 0. The van der Waals surface area contributed by atoms with Crippen LogP contribution in [0.25, 0.3) is 6.08 Å². The summed E-state index contributed by atoms with van der Waals surface area (Å²) in [6, 6.07) is 16.9. The van der Waals surface area contributed by atoms with E-state index in [1.165, 1.54) is 0 Å². The van der Waals surface area contributed by atoms with Crippen LogP contribution in [0, 0.1) is 6.92 Å². The zero-order valence-corrected chi connectivity index (χ0v) is 12.2. The number of amides is 2. The molecule has 0 spiro atoms. The number of carbonyl (C=O) groups is 2. The van der Waals surface area contributed by atoms with E-state index < -0.39 is 12.0 Å². The van der Waals surface area contributed by atoms with Crippen molar-refractivity contribution in [3.8, 4) is 0 Å². The monoisotopic (exact) mass is 293 g/mol. The van der Waals surface area contributed by atoms with Crippen LogP contribution in [0.5, 0.6) is 0 Å². The van der Waals surface area contributed by atoms with E-state index in [-0.39, 0.29) is 12.3 Å². The topological polar surface area (TPSA) is 46.6 Å². The van der Waals surface area contributed by atoms with Crippen molar-refractivity contribution >= 4 is 18.1 Å². The first kappa shape index (κ1) is 14.1. The molecule has 110 valence electrons. The number of imide groups is 1. The highest BCUT2D eigenvalue weighted by atomic mass is 16.6. The van der Waals surface area contributed by atoms with Crippen LogP contribution in [0.3, 0.4) is 0 Å². The molecule has 0 atom stereocenters. The van der Waals surface area contributed by atoms with Crippen molar-refractivity contribution in [2.24, 2.45) is 0 Å². The predicted molar refractivity (Wildman–Crippen MR) is 82.6 cm³/mol. The molecule has 1 aliphatic rings. The van der Waals surface area contributed by atoms with Gasteiger partial charge in [0.25, 0.3) is 5.91 Å². The Bertz CT molecular complexity index is 750. The van der Waals surface area contributed by atoms with Crippen molar-refractivity contribution in [1.29, 1.82) is 0 Å². The highest BCUT2D eigenvalue weighted by molar-refractivity contribution is 6.09. The average Bonchev–Trinajstić information content (AvgIpc) is 2.78. The maximum atomic E-state index is 12.3. The van der Waals surface area contributed by atoms with Gasteiger partial charge in [-0.15, -0.1) is 0 Å². The zero-order valence-electron chi connectivity index (χ0n) is 12.2. The molecule has 0 aromatic heterocycles. The average molecular weight is 293 g/mol. The second-order valence-corrected chi connectivity index (χ2v) is 5.11. The minimum atomic E-state index is -0.629. The molecule has 1 fully saturated rings. The molecule has 0 unspecified atom stereocenters. The Morgan fingerprint density at radius 2 is 1.68 bits per heavy atom. The highest BCUT2D eigenvalue weighted by Gasteiger charge is 2.36. The van der Waals surface area contributed by atoms with Gasteiger partial charge >= 0.3 is 6.09 Å². The number of aryl methyl sites for hydroxylation is 1. The van der Waals surface area contributed by atoms with Crippen LogP contribution in [-0.4, -0.2) is 16.9 Å². The molecule has 0 radical (unpaired) electrons. The second kappa shape index (κ2) is 5.85.